The van der Waals surface area contributed by atoms with Gasteiger partial charge in [0.1, 0.15) is 10.8 Å². The smallest absolute Gasteiger partial charge is 0.387 e. The summed E-state index contributed by atoms with van der Waals surface area (Å²) in [6, 6.07) is 9.54. The molecule has 0 saturated heterocycles. The summed E-state index contributed by atoms with van der Waals surface area (Å²) >= 11 is 2.88. The van der Waals surface area contributed by atoms with Crippen molar-refractivity contribution < 1.29 is 18.3 Å². The van der Waals surface area contributed by atoms with Crippen molar-refractivity contribution in [2.24, 2.45) is 0 Å². The van der Waals surface area contributed by atoms with Crippen molar-refractivity contribution >= 4 is 34.7 Å². The fourth-order valence-electron chi connectivity index (χ4n) is 2.39. The second kappa shape index (κ2) is 8.45. The highest BCUT2D eigenvalue weighted by Gasteiger charge is 2.19. The van der Waals surface area contributed by atoms with E-state index in [0.29, 0.717) is 27.8 Å². The molecule has 0 saturated carbocycles. The lowest BCUT2D eigenvalue weighted by Crippen LogP contribution is -2.17. The van der Waals surface area contributed by atoms with E-state index in [2.05, 4.69) is 20.0 Å². The number of nitrogens with one attached hydrogen (secondary N) is 1. The predicted octanol–water partition coefficient (Wildman–Crippen LogP) is 5.09. The summed E-state index contributed by atoms with van der Waals surface area (Å²) in [4.78, 5) is 22.6. The number of carbonyl (C=O) groups is 1. The SMILES string of the molecule is CSc1nc(-c2cccs2)nc(C)c1C(=O)Nc1ccc(OC(F)F)cc1. The van der Waals surface area contributed by atoms with E-state index in [1.807, 2.05) is 23.8 Å². The zero-order chi connectivity index (χ0) is 19.4. The molecule has 1 amide bonds. The number of carbonyl (C=O) groups excluding carboxylic acids is 1. The third-order valence-corrected chi connectivity index (χ3v) is 5.10. The van der Waals surface area contributed by atoms with E-state index in [-0.39, 0.29) is 11.7 Å². The number of hydrogen-bond donors (Lipinski definition) is 1. The third kappa shape index (κ3) is 4.61. The molecule has 0 aliphatic heterocycles. The van der Waals surface area contributed by atoms with Crippen LogP contribution in [0.3, 0.4) is 0 Å². The Labute approximate surface area is 162 Å². The van der Waals surface area contributed by atoms with E-state index in [0.717, 1.165) is 4.88 Å². The van der Waals surface area contributed by atoms with Crippen LogP contribution < -0.4 is 10.1 Å². The second-order valence-corrected chi connectivity index (χ2v) is 7.09. The van der Waals surface area contributed by atoms with Gasteiger partial charge in [0.25, 0.3) is 5.91 Å². The van der Waals surface area contributed by atoms with Crippen LogP contribution in [-0.2, 0) is 0 Å². The van der Waals surface area contributed by atoms with Crippen LogP contribution >= 0.6 is 23.1 Å². The van der Waals surface area contributed by atoms with Crippen LogP contribution in [0, 0.1) is 6.92 Å². The van der Waals surface area contributed by atoms with Crippen molar-refractivity contribution in [3.63, 3.8) is 0 Å². The summed E-state index contributed by atoms with van der Waals surface area (Å²) in [5.74, 6) is 0.238. The summed E-state index contributed by atoms with van der Waals surface area (Å²) in [7, 11) is 0. The molecule has 3 rings (SSSR count). The topological polar surface area (TPSA) is 64.1 Å². The number of aryl methyl sites for hydroxylation is 1. The monoisotopic (exact) mass is 407 g/mol. The molecule has 0 bridgehead atoms. The molecule has 0 aliphatic rings. The van der Waals surface area contributed by atoms with E-state index in [4.69, 9.17) is 0 Å². The minimum absolute atomic E-state index is 0.0209. The molecule has 1 N–H and O–H groups in total. The first-order valence-electron chi connectivity index (χ1n) is 7.80. The summed E-state index contributed by atoms with van der Waals surface area (Å²) in [6.45, 7) is -1.14. The van der Waals surface area contributed by atoms with Crippen LogP contribution in [-0.4, -0.2) is 28.7 Å². The molecule has 0 aliphatic carbocycles. The Morgan fingerprint density at radius 2 is 1.96 bits per heavy atom. The number of ether oxygens (including phenoxy) is 1. The van der Waals surface area contributed by atoms with Crippen molar-refractivity contribution in [2.45, 2.75) is 18.6 Å². The van der Waals surface area contributed by atoms with Crippen molar-refractivity contribution in [2.75, 3.05) is 11.6 Å². The number of anilines is 1. The fourth-order valence-corrected chi connectivity index (χ4v) is 3.66. The Hall–Kier alpha value is -2.52. The van der Waals surface area contributed by atoms with Crippen LogP contribution in [0.5, 0.6) is 5.75 Å². The van der Waals surface area contributed by atoms with Crippen molar-refractivity contribution in [3.05, 3.63) is 53.0 Å². The lowest BCUT2D eigenvalue weighted by Gasteiger charge is -2.12. The van der Waals surface area contributed by atoms with Gasteiger partial charge in [-0.15, -0.1) is 23.1 Å². The van der Waals surface area contributed by atoms with Crippen molar-refractivity contribution in [1.82, 2.24) is 9.97 Å². The van der Waals surface area contributed by atoms with Gasteiger partial charge in [-0.05, 0) is 48.9 Å². The zero-order valence-corrected chi connectivity index (χ0v) is 16.0. The largest absolute Gasteiger partial charge is 0.435 e. The Bertz CT molecular complexity index is 933. The molecule has 140 valence electrons. The van der Waals surface area contributed by atoms with Crippen LogP contribution in [0.4, 0.5) is 14.5 Å². The van der Waals surface area contributed by atoms with E-state index >= 15 is 0 Å². The first kappa shape index (κ1) is 19.2. The first-order valence-corrected chi connectivity index (χ1v) is 9.91. The maximum atomic E-state index is 12.7. The van der Waals surface area contributed by atoms with Gasteiger partial charge < -0.3 is 10.1 Å². The molecule has 3 aromatic rings. The molecule has 0 spiro atoms. The summed E-state index contributed by atoms with van der Waals surface area (Å²) in [5.41, 5.74) is 1.40. The first-order chi connectivity index (χ1) is 13.0. The summed E-state index contributed by atoms with van der Waals surface area (Å²) < 4.78 is 28.7. The van der Waals surface area contributed by atoms with E-state index in [1.165, 1.54) is 47.4 Å². The predicted molar refractivity (Wildman–Crippen MR) is 103 cm³/mol. The number of hydrogen-bond acceptors (Lipinski definition) is 6. The highest BCUT2D eigenvalue weighted by Crippen LogP contribution is 2.28. The minimum atomic E-state index is -2.89. The lowest BCUT2D eigenvalue weighted by atomic mass is 10.2. The van der Waals surface area contributed by atoms with Crippen LogP contribution in [0.25, 0.3) is 10.7 Å². The number of nitrogens with zero attached hydrogens (tertiary/aromatic N) is 2. The van der Waals surface area contributed by atoms with E-state index in [1.54, 1.807) is 6.92 Å². The number of thioether (sulfide) groups is 1. The molecular formula is C18H15F2N3O2S2. The molecule has 0 atom stereocenters. The third-order valence-electron chi connectivity index (χ3n) is 3.56. The van der Waals surface area contributed by atoms with Gasteiger partial charge in [0.2, 0.25) is 0 Å². The van der Waals surface area contributed by atoms with Gasteiger partial charge in [0, 0.05) is 5.69 Å². The fraction of sp³-hybridized carbons (Fsp3) is 0.167. The molecule has 2 heterocycles. The van der Waals surface area contributed by atoms with Gasteiger partial charge in [-0.3, -0.25) is 4.79 Å². The molecule has 1 aromatic carbocycles. The Morgan fingerprint density at radius 1 is 1.22 bits per heavy atom. The Morgan fingerprint density at radius 3 is 2.56 bits per heavy atom. The highest BCUT2D eigenvalue weighted by molar-refractivity contribution is 7.98. The molecule has 9 heteroatoms. The average Bonchev–Trinajstić information content (AvgIpc) is 3.16. The molecule has 0 unspecified atom stereocenters. The number of thiophene rings is 1. The zero-order valence-electron chi connectivity index (χ0n) is 14.4. The van der Waals surface area contributed by atoms with Gasteiger partial charge in [-0.2, -0.15) is 8.78 Å². The minimum Gasteiger partial charge on any atom is -0.435 e. The Kier molecular flexibility index (Phi) is 6.02. The quantitative estimate of drug-likeness (QED) is 0.456. The maximum Gasteiger partial charge on any atom is 0.387 e. The van der Waals surface area contributed by atoms with Crippen LogP contribution in [0.2, 0.25) is 0 Å². The number of amides is 1. The van der Waals surface area contributed by atoms with Crippen molar-refractivity contribution in [3.8, 4) is 16.5 Å². The van der Waals surface area contributed by atoms with Crippen LogP contribution in [0.1, 0.15) is 16.1 Å². The molecule has 2 aromatic heterocycles. The number of rotatable bonds is 6. The molecule has 0 radical (unpaired) electrons. The second-order valence-electron chi connectivity index (χ2n) is 5.35. The number of aromatic nitrogens is 2. The van der Waals surface area contributed by atoms with E-state index in [9.17, 15) is 13.6 Å². The van der Waals surface area contributed by atoms with Gasteiger partial charge in [-0.1, -0.05) is 6.07 Å². The van der Waals surface area contributed by atoms with Gasteiger partial charge in [-0.25, -0.2) is 9.97 Å². The Balaban J connectivity index is 1.84. The van der Waals surface area contributed by atoms with Crippen LogP contribution in [0.15, 0.2) is 46.8 Å². The van der Waals surface area contributed by atoms with Gasteiger partial charge >= 0.3 is 6.61 Å². The summed E-state index contributed by atoms with van der Waals surface area (Å²) in [5, 5.41) is 5.25. The number of halogens is 2. The van der Waals surface area contributed by atoms with Gasteiger partial charge in [0.05, 0.1) is 16.1 Å². The number of alkyl halides is 2. The average molecular weight is 407 g/mol. The van der Waals surface area contributed by atoms with E-state index < -0.39 is 6.61 Å². The molecule has 27 heavy (non-hydrogen) atoms. The standard InChI is InChI=1S/C18H15F2N3O2S2/c1-10-14(17(26-2)23-15(21-10)13-4-3-9-27-13)16(24)22-11-5-7-12(8-6-11)25-18(19)20/h3-9,18H,1-2H3,(H,22,24). The van der Waals surface area contributed by atoms with Gasteiger partial charge in [0.15, 0.2) is 5.82 Å². The highest BCUT2D eigenvalue weighted by atomic mass is 32.2. The molecular weight excluding hydrogens is 392 g/mol. The summed E-state index contributed by atoms with van der Waals surface area (Å²) in [6.07, 6.45) is 1.84. The normalized spacial score (nSPS) is 10.9. The number of benzene rings is 1. The van der Waals surface area contributed by atoms with Crippen molar-refractivity contribution in [1.29, 1.82) is 0 Å². The lowest BCUT2D eigenvalue weighted by molar-refractivity contribution is -0.0498. The molecule has 5 nitrogen and oxygen atoms in total. The molecule has 0 fully saturated rings. The maximum absolute atomic E-state index is 12.7.